The minimum Gasteiger partial charge on any atom is -0.508 e. The number of fused-ring (bicyclic) bond motifs is 1. The molecule has 0 aliphatic heterocycles. The van der Waals surface area contributed by atoms with Gasteiger partial charge in [-0.2, -0.15) is 0 Å². The van der Waals surface area contributed by atoms with Gasteiger partial charge in [0.2, 0.25) is 11.9 Å². The van der Waals surface area contributed by atoms with Crippen LogP contribution in [0.15, 0.2) is 54.7 Å². The van der Waals surface area contributed by atoms with E-state index >= 15 is 0 Å². The van der Waals surface area contributed by atoms with Crippen LogP contribution >= 0.6 is 0 Å². The molecule has 0 atom stereocenters. The van der Waals surface area contributed by atoms with Crippen LogP contribution in [0.1, 0.15) is 0 Å². The topological polar surface area (TPSA) is 109 Å². The highest BCUT2D eigenvalue weighted by Crippen LogP contribution is 2.19. The van der Waals surface area contributed by atoms with Crippen molar-refractivity contribution in [1.29, 1.82) is 0 Å². The Morgan fingerprint density at radius 3 is 2.76 bits per heavy atom. The number of aromatic nitrogens is 5. The molecule has 1 amide bonds. The van der Waals surface area contributed by atoms with Gasteiger partial charge in [0.15, 0.2) is 0 Å². The number of amides is 1. The highest BCUT2D eigenvalue weighted by atomic mass is 16.3. The Kier molecular flexibility index (Phi) is 3.62. The number of phenolic OH excluding ortho intramolecular Hbond substituents is 1. The van der Waals surface area contributed by atoms with E-state index in [0.29, 0.717) is 11.6 Å². The molecule has 3 N–H and O–H groups in total. The molecule has 0 saturated heterocycles. The SMILES string of the molecule is O=C(Cn1cc(-c2ccc(O)cc2)nn1)Nc1nc2ccccc2[nH]1. The van der Waals surface area contributed by atoms with E-state index in [1.54, 1.807) is 30.5 Å². The van der Waals surface area contributed by atoms with Crippen molar-refractivity contribution >= 4 is 22.9 Å². The molecule has 8 heteroatoms. The first-order valence-electron chi connectivity index (χ1n) is 7.61. The van der Waals surface area contributed by atoms with Crippen LogP contribution < -0.4 is 5.32 Å². The maximum Gasteiger partial charge on any atom is 0.248 e. The molecule has 0 radical (unpaired) electrons. The number of carbonyl (C=O) groups is 1. The third kappa shape index (κ3) is 3.18. The predicted molar refractivity (Wildman–Crippen MR) is 91.8 cm³/mol. The summed E-state index contributed by atoms with van der Waals surface area (Å²) < 4.78 is 1.44. The van der Waals surface area contributed by atoms with Crippen molar-refractivity contribution in [2.75, 3.05) is 5.32 Å². The summed E-state index contributed by atoms with van der Waals surface area (Å²) in [5, 5.41) is 20.0. The summed E-state index contributed by atoms with van der Waals surface area (Å²) in [4.78, 5) is 19.5. The molecule has 8 nitrogen and oxygen atoms in total. The molecule has 0 saturated carbocycles. The maximum atomic E-state index is 12.2. The summed E-state index contributed by atoms with van der Waals surface area (Å²) in [7, 11) is 0. The van der Waals surface area contributed by atoms with Crippen molar-refractivity contribution in [2.45, 2.75) is 6.54 Å². The lowest BCUT2D eigenvalue weighted by Crippen LogP contribution is -2.19. The number of para-hydroxylation sites is 2. The number of hydrogen-bond donors (Lipinski definition) is 3. The van der Waals surface area contributed by atoms with Gasteiger partial charge in [-0.25, -0.2) is 9.67 Å². The number of aromatic amines is 1. The van der Waals surface area contributed by atoms with Crippen LogP contribution in [-0.2, 0) is 11.3 Å². The van der Waals surface area contributed by atoms with Crippen molar-refractivity contribution in [1.82, 2.24) is 25.0 Å². The first kappa shape index (κ1) is 14.9. The monoisotopic (exact) mass is 334 g/mol. The molecule has 0 spiro atoms. The summed E-state index contributed by atoms with van der Waals surface area (Å²) >= 11 is 0. The summed E-state index contributed by atoms with van der Waals surface area (Å²) in [5.74, 6) is 0.313. The molecule has 4 aromatic rings. The summed E-state index contributed by atoms with van der Waals surface area (Å²) in [6.45, 7) is 0.0160. The average Bonchev–Trinajstić information content (AvgIpc) is 3.21. The van der Waals surface area contributed by atoms with E-state index in [2.05, 4.69) is 25.6 Å². The number of nitrogens with zero attached hydrogens (tertiary/aromatic N) is 4. The molecule has 124 valence electrons. The van der Waals surface area contributed by atoms with Crippen molar-refractivity contribution < 1.29 is 9.90 Å². The number of nitrogens with one attached hydrogen (secondary N) is 2. The Balaban J connectivity index is 1.45. The van der Waals surface area contributed by atoms with E-state index in [-0.39, 0.29) is 18.2 Å². The van der Waals surface area contributed by atoms with Gasteiger partial charge in [-0.1, -0.05) is 17.3 Å². The molecule has 25 heavy (non-hydrogen) atoms. The normalized spacial score (nSPS) is 10.9. The highest BCUT2D eigenvalue weighted by Gasteiger charge is 2.10. The number of H-pyrrole nitrogens is 1. The molecular formula is C17H14N6O2. The number of benzene rings is 2. The van der Waals surface area contributed by atoms with Crippen LogP contribution in [0.2, 0.25) is 0 Å². The summed E-state index contributed by atoms with van der Waals surface area (Å²) in [6, 6.07) is 14.1. The fourth-order valence-electron chi connectivity index (χ4n) is 2.47. The maximum absolute atomic E-state index is 12.2. The molecule has 2 heterocycles. The molecule has 2 aromatic heterocycles. The second kappa shape index (κ2) is 6.08. The molecular weight excluding hydrogens is 320 g/mol. The van der Waals surface area contributed by atoms with Crippen LogP contribution in [0.5, 0.6) is 5.75 Å². The number of hydrogen-bond acceptors (Lipinski definition) is 5. The molecule has 0 fully saturated rings. The van der Waals surface area contributed by atoms with E-state index in [1.165, 1.54) is 4.68 Å². The lowest BCUT2D eigenvalue weighted by Gasteiger charge is -2.01. The van der Waals surface area contributed by atoms with Crippen LogP contribution in [-0.4, -0.2) is 36.0 Å². The smallest absolute Gasteiger partial charge is 0.248 e. The first-order valence-corrected chi connectivity index (χ1v) is 7.61. The fraction of sp³-hybridized carbons (Fsp3) is 0.0588. The van der Waals surface area contributed by atoms with Crippen molar-refractivity contribution in [3.05, 3.63) is 54.7 Å². The van der Waals surface area contributed by atoms with Gasteiger partial charge in [0.25, 0.3) is 0 Å². The van der Waals surface area contributed by atoms with Gasteiger partial charge in [0.1, 0.15) is 18.0 Å². The van der Waals surface area contributed by atoms with E-state index in [1.807, 2.05) is 24.3 Å². The molecule has 0 aliphatic carbocycles. The summed E-state index contributed by atoms with van der Waals surface area (Å²) in [6.07, 6.45) is 1.67. The van der Waals surface area contributed by atoms with Gasteiger partial charge in [-0.3, -0.25) is 10.1 Å². The summed E-state index contributed by atoms with van der Waals surface area (Å²) in [5.41, 5.74) is 3.07. The zero-order chi connectivity index (χ0) is 17.2. The molecule has 0 bridgehead atoms. The quantitative estimate of drug-likeness (QED) is 0.530. The van der Waals surface area contributed by atoms with E-state index in [4.69, 9.17) is 0 Å². The minimum absolute atomic E-state index is 0.0160. The molecule has 0 aliphatic rings. The van der Waals surface area contributed by atoms with Crippen LogP contribution in [0.3, 0.4) is 0 Å². The van der Waals surface area contributed by atoms with Crippen molar-refractivity contribution in [3.63, 3.8) is 0 Å². The zero-order valence-corrected chi connectivity index (χ0v) is 13.0. The number of phenols is 1. The number of carbonyl (C=O) groups excluding carboxylic acids is 1. The molecule has 2 aromatic carbocycles. The first-order chi connectivity index (χ1) is 12.2. The van der Waals surface area contributed by atoms with Gasteiger partial charge < -0.3 is 10.1 Å². The number of imidazole rings is 1. The largest absolute Gasteiger partial charge is 0.508 e. The minimum atomic E-state index is -0.263. The van der Waals surface area contributed by atoms with E-state index < -0.39 is 0 Å². The van der Waals surface area contributed by atoms with E-state index in [0.717, 1.165) is 16.6 Å². The zero-order valence-electron chi connectivity index (χ0n) is 13.0. The predicted octanol–water partition coefficient (Wildman–Crippen LogP) is 2.17. The third-order valence-electron chi connectivity index (χ3n) is 3.65. The number of anilines is 1. The number of rotatable bonds is 4. The molecule has 4 rings (SSSR count). The highest BCUT2D eigenvalue weighted by molar-refractivity contribution is 5.90. The molecule has 0 unspecified atom stereocenters. The van der Waals surface area contributed by atoms with Gasteiger partial charge in [-0.15, -0.1) is 5.10 Å². The Bertz CT molecular complexity index is 1000. The Labute approximate surface area is 142 Å². The van der Waals surface area contributed by atoms with Crippen molar-refractivity contribution in [3.8, 4) is 17.0 Å². The standard InChI is InChI=1S/C17H14N6O2/c24-12-7-5-11(6-8-12)15-9-23(22-21-15)10-16(25)20-17-18-13-3-1-2-4-14(13)19-17/h1-9,24H,10H2,(H2,18,19,20,25). The Morgan fingerprint density at radius 2 is 1.96 bits per heavy atom. The lowest BCUT2D eigenvalue weighted by molar-refractivity contribution is -0.117. The fourth-order valence-corrected chi connectivity index (χ4v) is 2.47. The van der Waals surface area contributed by atoms with Crippen LogP contribution in [0.4, 0.5) is 5.95 Å². The van der Waals surface area contributed by atoms with Gasteiger partial charge in [0.05, 0.1) is 17.2 Å². The van der Waals surface area contributed by atoms with Gasteiger partial charge in [0, 0.05) is 5.56 Å². The van der Waals surface area contributed by atoms with Gasteiger partial charge in [-0.05, 0) is 36.4 Å². The lowest BCUT2D eigenvalue weighted by atomic mass is 10.2. The number of aromatic hydroxyl groups is 1. The van der Waals surface area contributed by atoms with Crippen molar-refractivity contribution in [2.24, 2.45) is 0 Å². The second-order valence-electron chi connectivity index (χ2n) is 5.50. The van der Waals surface area contributed by atoms with Gasteiger partial charge >= 0.3 is 0 Å². The Hall–Kier alpha value is -3.68. The van der Waals surface area contributed by atoms with Crippen LogP contribution in [0, 0.1) is 0 Å². The second-order valence-corrected chi connectivity index (χ2v) is 5.50. The Morgan fingerprint density at radius 1 is 1.16 bits per heavy atom. The average molecular weight is 334 g/mol. The van der Waals surface area contributed by atoms with E-state index in [9.17, 15) is 9.90 Å². The van der Waals surface area contributed by atoms with Crippen LogP contribution in [0.25, 0.3) is 22.3 Å². The third-order valence-corrected chi connectivity index (χ3v) is 3.65.